The lowest BCUT2D eigenvalue weighted by atomic mass is 10.2. The molecule has 1 rings (SSSR count). The van der Waals surface area contributed by atoms with Crippen LogP contribution in [-0.4, -0.2) is 51.3 Å². The third-order valence-electron chi connectivity index (χ3n) is 2.86. The number of ether oxygens (including phenoxy) is 1. The molecule has 1 amide bonds. The number of benzene rings is 1. The molecular weight excluding hydrogens is 360 g/mol. The second-order valence-electron chi connectivity index (χ2n) is 4.65. The Morgan fingerprint density at radius 1 is 1.13 bits per heavy atom. The summed E-state index contributed by atoms with van der Waals surface area (Å²) in [5.74, 6) is 0.641. The van der Waals surface area contributed by atoms with E-state index >= 15 is 0 Å². The number of amides is 1. The molecule has 0 aromatic heterocycles. The Labute approximate surface area is 146 Å². The Morgan fingerprint density at radius 3 is 2.48 bits per heavy atom. The fourth-order valence-corrected chi connectivity index (χ4v) is 2.03. The highest BCUT2D eigenvalue weighted by molar-refractivity contribution is 9.10. The third-order valence-corrected chi connectivity index (χ3v) is 3.39. The van der Waals surface area contributed by atoms with E-state index in [0.717, 1.165) is 17.0 Å². The van der Waals surface area contributed by atoms with Gasteiger partial charge in [0.15, 0.2) is 5.96 Å². The first kappa shape index (κ1) is 19.4. The van der Waals surface area contributed by atoms with Gasteiger partial charge >= 0.3 is 0 Å². The maximum absolute atomic E-state index is 12.0. The zero-order valence-corrected chi connectivity index (χ0v) is 15.3. The molecule has 3 N–H and O–H groups in total. The number of aliphatic imine (C=N–C) groups is 1. The minimum absolute atomic E-state index is 0.0856. The standard InChI is InChI=1S/C16H25BrN4O2/c1-3-18-16(21-11-12-23-4-2)20-10-9-19-15(22)13-5-7-14(17)8-6-13/h5-8H,3-4,9-12H2,1-2H3,(H,19,22)(H2,18,20,21). The van der Waals surface area contributed by atoms with Gasteiger partial charge < -0.3 is 20.7 Å². The molecule has 0 atom stereocenters. The first-order valence-corrected chi connectivity index (χ1v) is 8.60. The minimum atomic E-state index is -0.0856. The fourth-order valence-electron chi connectivity index (χ4n) is 1.77. The van der Waals surface area contributed by atoms with Crippen molar-refractivity contribution in [1.29, 1.82) is 0 Å². The van der Waals surface area contributed by atoms with E-state index in [1.807, 2.05) is 26.0 Å². The van der Waals surface area contributed by atoms with E-state index in [1.165, 1.54) is 0 Å². The zero-order chi connectivity index (χ0) is 16.9. The van der Waals surface area contributed by atoms with E-state index < -0.39 is 0 Å². The smallest absolute Gasteiger partial charge is 0.251 e. The Bertz CT molecular complexity index is 491. The molecule has 0 unspecified atom stereocenters. The van der Waals surface area contributed by atoms with Crippen LogP contribution in [-0.2, 0) is 4.74 Å². The van der Waals surface area contributed by atoms with Crippen molar-refractivity contribution >= 4 is 27.8 Å². The number of rotatable bonds is 9. The lowest BCUT2D eigenvalue weighted by Gasteiger charge is -2.12. The average Bonchev–Trinajstić information content (AvgIpc) is 2.55. The molecule has 0 spiro atoms. The highest BCUT2D eigenvalue weighted by Crippen LogP contribution is 2.10. The maximum atomic E-state index is 12.0. The molecule has 0 bridgehead atoms. The van der Waals surface area contributed by atoms with Gasteiger partial charge in [-0.2, -0.15) is 0 Å². The number of carbonyl (C=O) groups is 1. The summed E-state index contributed by atoms with van der Waals surface area (Å²) in [7, 11) is 0. The number of hydrogen-bond acceptors (Lipinski definition) is 3. The van der Waals surface area contributed by atoms with Crippen molar-refractivity contribution in [3.8, 4) is 0 Å². The normalized spacial score (nSPS) is 11.2. The summed E-state index contributed by atoms with van der Waals surface area (Å²) in [5, 5.41) is 9.19. The predicted molar refractivity (Wildman–Crippen MR) is 96.9 cm³/mol. The number of halogens is 1. The van der Waals surface area contributed by atoms with E-state index in [9.17, 15) is 4.79 Å². The molecule has 1 aromatic carbocycles. The zero-order valence-electron chi connectivity index (χ0n) is 13.7. The van der Waals surface area contributed by atoms with Crippen LogP contribution in [0, 0.1) is 0 Å². The van der Waals surface area contributed by atoms with E-state index in [4.69, 9.17) is 4.74 Å². The Balaban J connectivity index is 2.29. The molecule has 0 saturated heterocycles. The summed E-state index contributed by atoms with van der Waals surface area (Å²) >= 11 is 3.35. The van der Waals surface area contributed by atoms with Crippen LogP contribution in [0.3, 0.4) is 0 Å². The molecule has 0 aliphatic carbocycles. The van der Waals surface area contributed by atoms with Gasteiger partial charge in [-0.05, 0) is 38.1 Å². The van der Waals surface area contributed by atoms with Crippen LogP contribution in [0.25, 0.3) is 0 Å². The molecule has 0 heterocycles. The first-order chi connectivity index (χ1) is 11.2. The van der Waals surface area contributed by atoms with Gasteiger partial charge in [0.2, 0.25) is 0 Å². The monoisotopic (exact) mass is 384 g/mol. The molecule has 0 aliphatic heterocycles. The summed E-state index contributed by atoms with van der Waals surface area (Å²) in [6.45, 7) is 7.78. The van der Waals surface area contributed by atoms with Crippen molar-refractivity contribution in [2.75, 3.05) is 39.4 Å². The van der Waals surface area contributed by atoms with Crippen molar-refractivity contribution in [3.05, 3.63) is 34.3 Å². The number of nitrogens with zero attached hydrogens (tertiary/aromatic N) is 1. The molecule has 0 saturated carbocycles. The van der Waals surface area contributed by atoms with E-state index in [1.54, 1.807) is 12.1 Å². The van der Waals surface area contributed by atoms with E-state index in [0.29, 0.717) is 38.4 Å². The summed E-state index contributed by atoms with van der Waals surface area (Å²) in [6.07, 6.45) is 0. The molecule has 7 heteroatoms. The van der Waals surface area contributed by atoms with Gasteiger partial charge in [-0.1, -0.05) is 15.9 Å². The van der Waals surface area contributed by atoms with Crippen LogP contribution in [0.5, 0.6) is 0 Å². The van der Waals surface area contributed by atoms with Crippen LogP contribution in [0.4, 0.5) is 0 Å². The van der Waals surface area contributed by atoms with Gasteiger partial charge in [-0.25, -0.2) is 0 Å². The van der Waals surface area contributed by atoms with Gasteiger partial charge in [-0.15, -0.1) is 0 Å². The van der Waals surface area contributed by atoms with Crippen molar-refractivity contribution in [3.63, 3.8) is 0 Å². The molecular formula is C16H25BrN4O2. The number of hydrogen-bond donors (Lipinski definition) is 3. The Kier molecular flexibility index (Phi) is 10.1. The fraction of sp³-hybridized carbons (Fsp3) is 0.500. The Morgan fingerprint density at radius 2 is 1.83 bits per heavy atom. The van der Waals surface area contributed by atoms with Crippen molar-refractivity contribution < 1.29 is 9.53 Å². The number of nitrogens with one attached hydrogen (secondary N) is 3. The predicted octanol–water partition coefficient (Wildman–Crippen LogP) is 1.77. The highest BCUT2D eigenvalue weighted by atomic mass is 79.9. The summed E-state index contributed by atoms with van der Waals surface area (Å²) < 4.78 is 6.21. The molecule has 0 aliphatic rings. The minimum Gasteiger partial charge on any atom is -0.380 e. The first-order valence-electron chi connectivity index (χ1n) is 7.81. The lowest BCUT2D eigenvalue weighted by Crippen LogP contribution is -2.41. The largest absolute Gasteiger partial charge is 0.380 e. The van der Waals surface area contributed by atoms with Crippen molar-refractivity contribution in [1.82, 2.24) is 16.0 Å². The second kappa shape index (κ2) is 11.9. The molecule has 0 radical (unpaired) electrons. The number of carbonyl (C=O) groups excluding carboxylic acids is 1. The SMILES string of the molecule is CCNC(=NCCOCC)NCCNC(=O)c1ccc(Br)cc1. The maximum Gasteiger partial charge on any atom is 0.251 e. The summed E-state index contributed by atoms with van der Waals surface area (Å²) in [6, 6.07) is 7.27. The molecule has 0 fully saturated rings. The second-order valence-corrected chi connectivity index (χ2v) is 5.56. The van der Waals surface area contributed by atoms with Crippen molar-refractivity contribution in [2.24, 2.45) is 4.99 Å². The van der Waals surface area contributed by atoms with Crippen LogP contribution in [0.1, 0.15) is 24.2 Å². The van der Waals surface area contributed by atoms with Gasteiger partial charge in [0.1, 0.15) is 0 Å². The van der Waals surface area contributed by atoms with Crippen LogP contribution in [0.15, 0.2) is 33.7 Å². The quantitative estimate of drug-likeness (QED) is 0.344. The van der Waals surface area contributed by atoms with E-state index in [2.05, 4.69) is 36.9 Å². The van der Waals surface area contributed by atoms with Crippen LogP contribution < -0.4 is 16.0 Å². The van der Waals surface area contributed by atoms with Crippen LogP contribution >= 0.6 is 15.9 Å². The van der Waals surface area contributed by atoms with Gasteiger partial charge in [0, 0.05) is 36.3 Å². The lowest BCUT2D eigenvalue weighted by molar-refractivity contribution is 0.0954. The molecule has 6 nitrogen and oxygen atoms in total. The number of guanidine groups is 1. The summed E-state index contributed by atoms with van der Waals surface area (Å²) in [4.78, 5) is 16.3. The molecule has 1 aromatic rings. The topological polar surface area (TPSA) is 74.8 Å². The van der Waals surface area contributed by atoms with Gasteiger partial charge in [0.05, 0.1) is 13.2 Å². The van der Waals surface area contributed by atoms with Crippen LogP contribution in [0.2, 0.25) is 0 Å². The third kappa shape index (κ3) is 8.56. The van der Waals surface area contributed by atoms with Crippen molar-refractivity contribution in [2.45, 2.75) is 13.8 Å². The Hall–Kier alpha value is -1.60. The average molecular weight is 385 g/mol. The molecule has 128 valence electrons. The summed E-state index contributed by atoms with van der Waals surface area (Å²) in [5.41, 5.74) is 0.644. The molecule has 23 heavy (non-hydrogen) atoms. The van der Waals surface area contributed by atoms with Gasteiger partial charge in [0.25, 0.3) is 5.91 Å². The highest BCUT2D eigenvalue weighted by Gasteiger charge is 2.04. The van der Waals surface area contributed by atoms with E-state index in [-0.39, 0.29) is 5.91 Å². The van der Waals surface area contributed by atoms with Gasteiger partial charge in [-0.3, -0.25) is 9.79 Å².